The Labute approximate surface area is 173 Å². The van der Waals surface area contributed by atoms with Crippen LogP contribution in [0, 0.1) is 0 Å². The van der Waals surface area contributed by atoms with E-state index in [2.05, 4.69) is 36.7 Å². The van der Waals surface area contributed by atoms with Crippen LogP contribution in [0.1, 0.15) is 16.1 Å². The van der Waals surface area contributed by atoms with Crippen LogP contribution in [0.4, 0.5) is 0 Å². The highest BCUT2D eigenvalue weighted by molar-refractivity contribution is 9.11. The first-order valence-electron chi connectivity index (χ1n) is 8.00. The van der Waals surface area contributed by atoms with E-state index >= 15 is 0 Å². The van der Waals surface area contributed by atoms with Crippen molar-refractivity contribution in [3.8, 4) is 27.8 Å². The Morgan fingerprint density at radius 1 is 1.14 bits per heavy atom. The Balaban J connectivity index is 1.72. The van der Waals surface area contributed by atoms with Crippen molar-refractivity contribution in [2.45, 2.75) is 0 Å². The number of carbonyl (C=O) groups is 1. The predicted octanol–water partition coefficient (Wildman–Crippen LogP) is 3.69. The minimum Gasteiger partial charge on any atom is -0.496 e. The minimum absolute atomic E-state index is 0.232. The first-order valence-corrected chi connectivity index (χ1v) is 9.61. The predicted molar refractivity (Wildman–Crippen MR) is 111 cm³/mol. The van der Waals surface area contributed by atoms with Crippen LogP contribution in [0.5, 0.6) is 17.2 Å². The summed E-state index contributed by atoms with van der Waals surface area (Å²) in [6.07, 6.45) is 1.46. The van der Waals surface area contributed by atoms with Gasteiger partial charge in [-0.25, -0.2) is 5.43 Å². The highest BCUT2D eigenvalue weighted by atomic mass is 79.9. The molecule has 2 heterocycles. The third kappa shape index (κ3) is 4.34. The zero-order chi connectivity index (χ0) is 20.1. The van der Waals surface area contributed by atoms with Gasteiger partial charge in [0, 0.05) is 11.6 Å². The van der Waals surface area contributed by atoms with Crippen LogP contribution in [0.15, 0.2) is 39.2 Å². The number of hydrogen-bond acceptors (Lipinski definition) is 7. The monoisotopic (exact) mass is 464 g/mol. The van der Waals surface area contributed by atoms with E-state index in [1.807, 2.05) is 12.1 Å². The quantitative estimate of drug-likeness (QED) is 0.410. The lowest BCUT2D eigenvalue weighted by atomic mass is 10.2. The normalized spacial score (nSPS) is 10.9. The van der Waals surface area contributed by atoms with Gasteiger partial charge in [-0.3, -0.25) is 9.89 Å². The van der Waals surface area contributed by atoms with Crippen LogP contribution >= 0.6 is 27.3 Å². The van der Waals surface area contributed by atoms with Crippen LogP contribution in [-0.4, -0.2) is 43.6 Å². The third-order valence-corrected chi connectivity index (χ3v) is 5.41. The van der Waals surface area contributed by atoms with E-state index in [4.69, 9.17) is 14.2 Å². The lowest BCUT2D eigenvalue weighted by molar-refractivity contribution is 0.0950. The van der Waals surface area contributed by atoms with Crippen LogP contribution in [0.25, 0.3) is 10.6 Å². The molecule has 28 heavy (non-hydrogen) atoms. The smallest absolute Gasteiger partial charge is 0.291 e. The number of methoxy groups -OCH3 is 3. The Kier molecular flexibility index (Phi) is 6.32. The summed E-state index contributed by atoms with van der Waals surface area (Å²) in [4.78, 5) is 13.2. The molecule has 8 nitrogen and oxygen atoms in total. The zero-order valence-electron chi connectivity index (χ0n) is 15.3. The van der Waals surface area contributed by atoms with Gasteiger partial charge in [-0.1, -0.05) is 0 Å². The van der Waals surface area contributed by atoms with E-state index in [0.717, 1.165) is 14.4 Å². The number of aromatic amines is 1. The molecule has 1 amide bonds. The molecule has 0 unspecified atom stereocenters. The molecule has 1 aromatic carbocycles. The Morgan fingerprint density at radius 2 is 1.86 bits per heavy atom. The second kappa shape index (κ2) is 8.89. The number of carbonyl (C=O) groups excluding carboxylic acids is 1. The SMILES string of the molecule is COc1cc(OC)c(OC)cc1/C=N\NC(=O)c1cc(-c2ccc(Br)s2)[nH]n1. The fourth-order valence-electron chi connectivity index (χ4n) is 2.39. The molecule has 0 saturated carbocycles. The topological polar surface area (TPSA) is 97.8 Å². The molecule has 0 aliphatic rings. The maximum Gasteiger partial charge on any atom is 0.291 e. The van der Waals surface area contributed by atoms with Gasteiger partial charge in [0.1, 0.15) is 5.75 Å². The molecule has 0 bridgehead atoms. The van der Waals surface area contributed by atoms with Crippen molar-refractivity contribution in [2.24, 2.45) is 5.10 Å². The van der Waals surface area contributed by atoms with E-state index < -0.39 is 5.91 Å². The number of nitrogens with one attached hydrogen (secondary N) is 2. The van der Waals surface area contributed by atoms with Crippen LogP contribution < -0.4 is 19.6 Å². The minimum atomic E-state index is -0.436. The number of benzene rings is 1. The maximum absolute atomic E-state index is 12.3. The summed E-state index contributed by atoms with van der Waals surface area (Å²) in [6, 6.07) is 8.92. The van der Waals surface area contributed by atoms with Gasteiger partial charge in [0.2, 0.25) is 0 Å². The fourth-order valence-corrected chi connectivity index (χ4v) is 3.75. The van der Waals surface area contributed by atoms with Crippen LogP contribution in [0.2, 0.25) is 0 Å². The lowest BCUT2D eigenvalue weighted by Crippen LogP contribution is -2.18. The molecule has 0 fully saturated rings. The molecule has 0 aliphatic carbocycles. The van der Waals surface area contributed by atoms with Crippen molar-refractivity contribution < 1.29 is 19.0 Å². The second-order valence-electron chi connectivity index (χ2n) is 5.42. The van der Waals surface area contributed by atoms with Gasteiger partial charge in [0.25, 0.3) is 5.91 Å². The molecule has 10 heteroatoms. The Hall–Kier alpha value is -2.85. The summed E-state index contributed by atoms with van der Waals surface area (Å²) in [7, 11) is 4.61. The molecule has 0 spiro atoms. The Bertz CT molecular complexity index is 1010. The maximum atomic E-state index is 12.3. The fraction of sp³-hybridized carbons (Fsp3) is 0.167. The first kappa shape index (κ1) is 19.9. The lowest BCUT2D eigenvalue weighted by Gasteiger charge is -2.11. The van der Waals surface area contributed by atoms with Crippen molar-refractivity contribution in [2.75, 3.05) is 21.3 Å². The average molecular weight is 465 g/mol. The van der Waals surface area contributed by atoms with Crippen molar-refractivity contribution in [1.29, 1.82) is 0 Å². The number of H-pyrrole nitrogens is 1. The summed E-state index contributed by atoms with van der Waals surface area (Å²) < 4.78 is 16.8. The van der Waals surface area contributed by atoms with Gasteiger partial charge in [0.05, 0.1) is 41.9 Å². The van der Waals surface area contributed by atoms with E-state index in [9.17, 15) is 4.79 Å². The molecular formula is C18H17BrN4O4S. The van der Waals surface area contributed by atoms with Gasteiger partial charge >= 0.3 is 0 Å². The highest BCUT2D eigenvalue weighted by Crippen LogP contribution is 2.33. The number of amides is 1. The van der Waals surface area contributed by atoms with Gasteiger partial charge < -0.3 is 14.2 Å². The van der Waals surface area contributed by atoms with E-state index in [1.54, 1.807) is 18.2 Å². The molecule has 3 rings (SSSR count). The summed E-state index contributed by atoms with van der Waals surface area (Å²) in [6.45, 7) is 0. The van der Waals surface area contributed by atoms with Crippen LogP contribution in [-0.2, 0) is 0 Å². The highest BCUT2D eigenvalue weighted by Gasteiger charge is 2.13. The van der Waals surface area contributed by atoms with Gasteiger partial charge in [-0.2, -0.15) is 10.2 Å². The largest absolute Gasteiger partial charge is 0.496 e. The summed E-state index contributed by atoms with van der Waals surface area (Å²) >= 11 is 4.95. The standard InChI is InChI=1S/C18H17BrN4O4S/c1-25-13-8-15(27-3)14(26-2)6-10(13)9-20-23-18(24)12-7-11(21-22-12)16-4-5-17(19)28-16/h4-9H,1-3H3,(H,21,22)(H,23,24)/b20-9-. The first-order chi connectivity index (χ1) is 13.5. The van der Waals surface area contributed by atoms with Crippen molar-refractivity contribution >= 4 is 39.4 Å². The zero-order valence-corrected chi connectivity index (χ0v) is 17.7. The number of hydrogen-bond donors (Lipinski definition) is 2. The second-order valence-corrected chi connectivity index (χ2v) is 7.88. The molecule has 3 aromatic rings. The molecular weight excluding hydrogens is 448 g/mol. The summed E-state index contributed by atoms with van der Waals surface area (Å²) in [5, 5.41) is 10.9. The number of aromatic nitrogens is 2. The third-order valence-electron chi connectivity index (χ3n) is 3.75. The van der Waals surface area contributed by atoms with E-state index in [0.29, 0.717) is 22.8 Å². The van der Waals surface area contributed by atoms with Crippen LogP contribution in [0.3, 0.4) is 0 Å². The number of ether oxygens (including phenoxy) is 3. The van der Waals surface area contributed by atoms with Crippen molar-refractivity contribution in [3.05, 3.63) is 45.4 Å². The number of hydrazone groups is 1. The average Bonchev–Trinajstić information content (AvgIpc) is 3.36. The molecule has 146 valence electrons. The molecule has 2 aromatic heterocycles. The number of nitrogens with zero attached hydrogens (tertiary/aromatic N) is 2. The molecule has 0 saturated heterocycles. The van der Waals surface area contributed by atoms with Gasteiger partial charge in [-0.15, -0.1) is 11.3 Å². The summed E-state index contributed by atoms with van der Waals surface area (Å²) in [5.41, 5.74) is 4.05. The van der Waals surface area contributed by atoms with E-state index in [-0.39, 0.29) is 5.69 Å². The van der Waals surface area contributed by atoms with Crippen molar-refractivity contribution in [1.82, 2.24) is 15.6 Å². The number of rotatable bonds is 7. The number of halogens is 1. The Morgan fingerprint density at radius 3 is 2.50 bits per heavy atom. The van der Waals surface area contributed by atoms with Crippen molar-refractivity contribution in [3.63, 3.8) is 0 Å². The molecule has 0 aliphatic heterocycles. The van der Waals surface area contributed by atoms with Gasteiger partial charge in [0.15, 0.2) is 17.2 Å². The molecule has 0 atom stereocenters. The summed E-state index contributed by atoms with van der Waals surface area (Å²) in [5.74, 6) is 1.15. The number of thiophene rings is 1. The molecule has 0 radical (unpaired) electrons. The van der Waals surface area contributed by atoms with E-state index in [1.165, 1.54) is 38.9 Å². The van der Waals surface area contributed by atoms with Gasteiger partial charge in [-0.05, 0) is 40.2 Å². The molecule has 2 N–H and O–H groups in total.